The molecule has 8 heteroatoms. The van der Waals surface area contributed by atoms with Gasteiger partial charge in [0.2, 0.25) is 0 Å². The number of pyridine rings is 1. The zero-order chi connectivity index (χ0) is 16.9. The first-order valence-electron chi connectivity index (χ1n) is 7.38. The van der Waals surface area contributed by atoms with Crippen molar-refractivity contribution in [2.75, 3.05) is 7.05 Å². The maximum atomic E-state index is 13.3. The molecule has 7 nitrogen and oxygen atoms in total. The fourth-order valence-electron chi connectivity index (χ4n) is 2.24. The van der Waals surface area contributed by atoms with E-state index in [2.05, 4.69) is 25.8 Å². The summed E-state index contributed by atoms with van der Waals surface area (Å²) in [6.45, 7) is 0.812. The SMILES string of the molecule is CN=C(NCc1ccc(O)c(F)c1)NCc1nnc2ccccn12. The van der Waals surface area contributed by atoms with E-state index in [4.69, 9.17) is 0 Å². The van der Waals surface area contributed by atoms with E-state index in [0.29, 0.717) is 24.6 Å². The lowest BCUT2D eigenvalue weighted by Gasteiger charge is -2.11. The molecule has 0 spiro atoms. The second kappa shape index (κ2) is 6.95. The molecule has 24 heavy (non-hydrogen) atoms. The molecule has 0 fully saturated rings. The van der Waals surface area contributed by atoms with E-state index in [0.717, 1.165) is 11.5 Å². The molecule has 3 aromatic rings. The van der Waals surface area contributed by atoms with Gasteiger partial charge in [0.25, 0.3) is 0 Å². The predicted octanol–water partition coefficient (Wildman–Crippen LogP) is 1.44. The lowest BCUT2D eigenvalue weighted by Crippen LogP contribution is -2.36. The van der Waals surface area contributed by atoms with Gasteiger partial charge in [-0.2, -0.15) is 0 Å². The average molecular weight is 328 g/mol. The van der Waals surface area contributed by atoms with E-state index < -0.39 is 5.82 Å². The van der Waals surface area contributed by atoms with Crippen LogP contribution in [0.5, 0.6) is 5.75 Å². The highest BCUT2D eigenvalue weighted by Crippen LogP contribution is 2.15. The highest BCUT2D eigenvalue weighted by atomic mass is 19.1. The summed E-state index contributed by atoms with van der Waals surface area (Å²) in [5.41, 5.74) is 1.47. The number of phenolic OH excluding ortho intramolecular Hbond substituents is 1. The number of benzene rings is 1. The van der Waals surface area contributed by atoms with Gasteiger partial charge in [-0.15, -0.1) is 10.2 Å². The van der Waals surface area contributed by atoms with Gasteiger partial charge in [0.15, 0.2) is 29.0 Å². The second-order valence-electron chi connectivity index (χ2n) is 5.11. The van der Waals surface area contributed by atoms with Gasteiger partial charge in [-0.25, -0.2) is 4.39 Å². The largest absolute Gasteiger partial charge is 0.505 e. The second-order valence-corrected chi connectivity index (χ2v) is 5.11. The predicted molar refractivity (Wildman–Crippen MR) is 88.1 cm³/mol. The molecular weight excluding hydrogens is 311 g/mol. The van der Waals surface area contributed by atoms with Gasteiger partial charge < -0.3 is 15.7 Å². The summed E-state index contributed by atoms with van der Waals surface area (Å²) >= 11 is 0. The van der Waals surface area contributed by atoms with Crippen LogP contribution in [0.15, 0.2) is 47.6 Å². The maximum Gasteiger partial charge on any atom is 0.191 e. The summed E-state index contributed by atoms with van der Waals surface area (Å²) in [6.07, 6.45) is 1.89. The van der Waals surface area contributed by atoms with Gasteiger partial charge in [-0.1, -0.05) is 12.1 Å². The zero-order valence-corrected chi connectivity index (χ0v) is 13.1. The van der Waals surface area contributed by atoms with Crippen LogP contribution in [-0.2, 0) is 13.1 Å². The third-order valence-corrected chi connectivity index (χ3v) is 3.49. The topological polar surface area (TPSA) is 86.8 Å². The van der Waals surface area contributed by atoms with Crippen LogP contribution in [0.4, 0.5) is 4.39 Å². The molecule has 0 aliphatic heterocycles. The smallest absolute Gasteiger partial charge is 0.191 e. The van der Waals surface area contributed by atoms with Crippen molar-refractivity contribution in [2.45, 2.75) is 13.1 Å². The molecule has 1 aromatic carbocycles. The number of phenols is 1. The monoisotopic (exact) mass is 328 g/mol. The van der Waals surface area contributed by atoms with Crippen molar-refractivity contribution in [3.8, 4) is 5.75 Å². The molecule has 0 aliphatic carbocycles. The average Bonchev–Trinajstić information content (AvgIpc) is 3.01. The third-order valence-electron chi connectivity index (χ3n) is 3.49. The number of hydrogen-bond donors (Lipinski definition) is 3. The Balaban J connectivity index is 1.60. The minimum absolute atomic E-state index is 0.361. The van der Waals surface area contributed by atoms with E-state index in [1.165, 1.54) is 12.1 Å². The van der Waals surface area contributed by atoms with Gasteiger partial charge in [0, 0.05) is 19.8 Å². The fourth-order valence-corrected chi connectivity index (χ4v) is 2.24. The Kier molecular flexibility index (Phi) is 4.55. The molecule has 124 valence electrons. The molecule has 3 N–H and O–H groups in total. The Labute approximate surface area is 137 Å². The number of halogens is 1. The van der Waals surface area contributed by atoms with Crippen molar-refractivity contribution in [1.82, 2.24) is 25.2 Å². The number of hydrogen-bond acceptors (Lipinski definition) is 4. The van der Waals surface area contributed by atoms with E-state index in [9.17, 15) is 9.50 Å². The number of guanidine groups is 1. The first-order valence-corrected chi connectivity index (χ1v) is 7.38. The molecule has 0 aliphatic rings. The Morgan fingerprint density at radius 2 is 2.04 bits per heavy atom. The number of aromatic hydroxyl groups is 1. The quantitative estimate of drug-likeness (QED) is 0.498. The highest BCUT2D eigenvalue weighted by Gasteiger charge is 2.06. The first-order chi connectivity index (χ1) is 11.7. The Bertz CT molecular complexity index is 876. The van der Waals surface area contributed by atoms with Gasteiger partial charge in [0.1, 0.15) is 0 Å². The Hall–Kier alpha value is -3.16. The number of rotatable bonds is 4. The van der Waals surface area contributed by atoms with Crippen molar-refractivity contribution in [3.63, 3.8) is 0 Å². The molecule has 0 saturated carbocycles. The normalized spacial score (nSPS) is 11.7. The van der Waals surface area contributed by atoms with Crippen LogP contribution in [0, 0.1) is 5.82 Å². The summed E-state index contributed by atoms with van der Waals surface area (Å²) < 4.78 is 15.2. The van der Waals surface area contributed by atoms with Crippen molar-refractivity contribution >= 4 is 11.6 Å². The number of nitrogens with zero attached hydrogens (tertiary/aromatic N) is 4. The third kappa shape index (κ3) is 3.43. The molecule has 2 aromatic heterocycles. The minimum Gasteiger partial charge on any atom is -0.505 e. The molecular formula is C16H17FN6O. The van der Waals surface area contributed by atoms with E-state index in [1.54, 1.807) is 13.1 Å². The van der Waals surface area contributed by atoms with Gasteiger partial charge in [-0.05, 0) is 29.8 Å². The maximum absolute atomic E-state index is 13.3. The van der Waals surface area contributed by atoms with Crippen molar-refractivity contribution in [2.24, 2.45) is 4.99 Å². The summed E-state index contributed by atoms with van der Waals surface area (Å²) in [5, 5.41) is 23.6. The Morgan fingerprint density at radius 1 is 1.21 bits per heavy atom. The summed E-state index contributed by atoms with van der Waals surface area (Å²) in [4.78, 5) is 4.12. The lowest BCUT2D eigenvalue weighted by atomic mass is 10.2. The van der Waals surface area contributed by atoms with E-state index >= 15 is 0 Å². The van der Waals surface area contributed by atoms with E-state index in [-0.39, 0.29) is 5.75 Å². The minimum atomic E-state index is -0.646. The standard InChI is InChI=1S/C16H17FN6O/c1-18-16(19-9-11-5-6-13(24)12(17)8-11)20-10-15-22-21-14-4-2-3-7-23(14)15/h2-8,24H,9-10H2,1H3,(H2,18,19,20). The van der Waals surface area contributed by atoms with Crippen LogP contribution in [0.3, 0.4) is 0 Å². The van der Waals surface area contributed by atoms with Crippen molar-refractivity contribution < 1.29 is 9.50 Å². The van der Waals surface area contributed by atoms with Crippen LogP contribution < -0.4 is 10.6 Å². The summed E-state index contributed by atoms with van der Waals surface area (Å²) in [7, 11) is 1.65. The molecule has 0 amide bonds. The Morgan fingerprint density at radius 3 is 2.83 bits per heavy atom. The van der Waals surface area contributed by atoms with Gasteiger partial charge in [-0.3, -0.25) is 9.39 Å². The van der Waals surface area contributed by atoms with Crippen LogP contribution >= 0.6 is 0 Å². The van der Waals surface area contributed by atoms with E-state index in [1.807, 2.05) is 28.8 Å². The van der Waals surface area contributed by atoms with Crippen LogP contribution in [0.25, 0.3) is 5.65 Å². The zero-order valence-electron chi connectivity index (χ0n) is 13.1. The number of aliphatic imine (C=N–C) groups is 1. The van der Waals surface area contributed by atoms with Crippen LogP contribution in [0.1, 0.15) is 11.4 Å². The molecule has 0 bridgehead atoms. The number of fused-ring (bicyclic) bond motifs is 1. The summed E-state index contributed by atoms with van der Waals surface area (Å²) in [6, 6.07) is 9.94. The van der Waals surface area contributed by atoms with Crippen molar-refractivity contribution in [3.05, 3.63) is 59.8 Å². The number of aromatic nitrogens is 3. The fraction of sp³-hybridized carbons (Fsp3) is 0.188. The summed E-state index contributed by atoms with van der Waals surface area (Å²) in [5.74, 6) is 0.299. The first kappa shape index (κ1) is 15.7. The molecule has 2 heterocycles. The lowest BCUT2D eigenvalue weighted by molar-refractivity contribution is 0.431. The number of nitrogens with one attached hydrogen (secondary N) is 2. The van der Waals surface area contributed by atoms with Gasteiger partial charge in [0.05, 0.1) is 6.54 Å². The molecule has 0 unspecified atom stereocenters. The highest BCUT2D eigenvalue weighted by molar-refractivity contribution is 5.79. The van der Waals surface area contributed by atoms with Crippen molar-refractivity contribution in [1.29, 1.82) is 0 Å². The molecule has 3 rings (SSSR count). The van der Waals surface area contributed by atoms with Gasteiger partial charge >= 0.3 is 0 Å². The molecule has 0 saturated heterocycles. The molecule has 0 atom stereocenters. The van der Waals surface area contributed by atoms with Crippen LogP contribution in [0.2, 0.25) is 0 Å². The van der Waals surface area contributed by atoms with Crippen LogP contribution in [-0.4, -0.2) is 32.7 Å². The molecule has 0 radical (unpaired) electrons.